The normalized spacial score (nSPS) is 31.1. The molecule has 0 amide bonds. The maximum atomic E-state index is 5.61. The van der Waals surface area contributed by atoms with Gasteiger partial charge in [0.15, 0.2) is 5.96 Å². The number of nitrogens with zero attached hydrogens (tertiary/aromatic N) is 2. The molecule has 6 heteroatoms. The van der Waals surface area contributed by atoms with Crippen LogP contribution < -0.4 is 5.32 Å². The summed E-state index contributed by atoms with van der Waals surface area (Å²) in [4.78, 5) is 7.27. The second-order valence-electron chi connectivity index (χ2n) is 6.95. The maximum absolute atomic E-state index is 5.61. The van der Waals surface area contributed by atoms with E-state index in [9.17, 15) is 0 Å². The Labute approximate surface area is 144 Å². The molecule has 122 valence electrons. The van der Waals surface area contributed by atoms with Gasteiger partial charge in [0.2, 0.25) is 0 Å². The van der Waals surface area contributed by atoms with Gasteiger partial charge in [-0.05, 0) is 19.8 Å². The Bertz CT molecular complexity index is 379. The third kappa shape index (κ3) is 3.82. The Morgan fingerprint density at radius 3 is 2.62 bits per heavy atom. The second kappa shape index (κ2) is 7.00. The van der Waals surface area contributed by atoms with Crippen molar-refractivity contribution in [3.05, 3.63) is 0 Å². The van der Waals surface area contributed by atoms with Gasteiger partial charge in [-0.15, -0.1) is 24.0 Å². The van der Waals surface area contributed by atoms with Crippen LogP contribution >= 0.6 is 24.0 Å². The number of aliphatic imine (C=N–C) groups is 1. The molecule has 0 saturated carbocycles. The van der Waals surface area contributed by atoms with Crippen molar-refractivity contribution < 1.29 is 9.47 Å². The highest BCUT2D eigenvalue weighted by atomic mass is 127. The summed E-state index contributed by atoms with van der Waals surface area (Å²) in [5, 5.41) is 3.45. The van der Waals surface area contributed by atoms with Gasteiger partial charge in [0.25, 0.3) is 0 Å². The average molecular weight is 409 g/mol. The number of hydrogen-bond acceptors (Lipinski definition) is 3. The first kappa shape index (κ1) is 17.3. The summed E-state index contributed by atoms with van der Waals surface area (Å²) in [7, 11) is 0. The standard InChI is InChI=1S/C15H27N3O2.HI/c1-3-16-13(17-8-14(2)10-20-11-14)18-6-4-15(9-18)5-7-19-12-15;/h3-12H2,1-2H3,(H,16,17);1H. The molecule has 3 aliphatic rings. The van der Waals surface area contributed by atoms with Crippen LogP contribution in [0.3, 0.4) is 0 Å². The first-order chi connectivity index (χ1) is 9.65. The van der Waals surface area contributed by atoms with Crippen LogP contribution in [0.1, 0.15) is 26.7 Å². The van der Waals surface area contributed by atoms with Gasteiger partial charge in [0.05, 0.1) is 26.4 Å². The summed E-state index contributed by atoms with van der Waals surface area (Å²) in [6.45, 7) is 11.9. The van der Waals surface area contributed by atoms with Gasteiger partial charge in [0, 0.05) is 37.1 Å². The molecule has 3 rings (SSSR count). The lowest BCUT2D eigenvalue weighted by Gasteiger charge is -2.37. The van der Waals surface area contributed by atoms with Gasteiger partial charge in [-0.1, -0.05) is 6.92 Å². The topological polar surface area (TPSA) is 46.1 Å². The van der Waals surface area contributed by atoms with Crippen molar-refractivity contribution in [2.45, 2.75) is 26.7 Å². The SMILES string of the molecule is CCNC(=NCC1(C)COC1)N1CCC2(CCOC2)C1.I. The third-order valence-electron chi connectivity index (χ3n) is 4.77. The quantitative estimate of drug-likeness (QED) is 0.438. The van der Waals surface area contributed by atoms with Gasteiger partial charge in [0.1, 0.15) is 0 Å². The molecule has 0 aliphatic carbocycles. The Hall–Kier alpha value is -0.0800. The highest BCUT2D eigenvalue weighted by Gasteiger charge is 2.42. The number of nitrogens with one attached hydrogen (secondary N) is 1. The van der Waals surface area contributed by atoms with E-state index in [1.54, 1.807) is 0 Å². The van der Waals surface area contributed by atoms with Crippen LogP contribution in [0.4, 0.5) is 0 Å². The molecular weight excluding hydrogens is 381 g/mol. The Morgan fingerprint density at radius 2 is 2.05 bits per heavy atom. The highest BCUT2D eigenvalue weighted by Crippen LogP contribution is 2.38. The molecule has 0 aromatic rings. The van der Waals surface area contributed by atoms with Gasteiger partial charge < -0.3 is 19.7 Å². The molecule has 21 heavy (non-hydrogen) atoms. The molecule has 0 bridgehead atoms. The van der Waals surface area contributed by atoms with Crippen molar-refractivity contribution in [1.82, 2.24) is 10.2 Å². The minimum absolute atomic E-state index is 0. The van der Waals surface area contributed by atoms with E-state index in [0.29, 0.717) is 5.41 Å². The first-order valence-corrected chi connectivity index (χ1v) is 7.84. The molecule has 3 heterocycles. The van der Waals surface area contributed by atoms with Gasteiger partial charge in [-0.3, -0.25) is 4.99 Å². The lowest BCUT2D eigenvalue weighted by Crippen LogP contribution is -2.45. The molecule has 1 unspecified atom stereocenters. The smallest absolute Gasteiger partial charge is 0.193 e. The van der Waals surface area contributed by atoms with Crippen molar-refractivity contribution in [3.63, 3.8) is 0 Å². The monoisotopic (exact) mass is 409 g/mol. The number of rotatable bonds is 3. The molecule has 0 radical (unpaired) electrons. The fourth-order valence-electron chi connectivity index (χ4n) is 3.32. The molecule has 3 aliphatic heterocycles. The molecule has 0 aromatic heterocycles. The molecular formula is C15H28IN3O2. The lowest BCUT2D eigenvalue weighted by atomic mass is 9.87. The number of guanidine groups is 1. The molecule has 3 saturated heterocycles. The maximum Gasteiger partial charge on any atom is 0.193 e. The van der Waals surface area contributed by atoms with E-state index in [2.05, 4.69) is 24.1 Å². The van der Waals surface area contributed by atoms with Crippen molar-refractivity contribution in [3.8, 4) is 0 Å². The Morgan fingerprint density at radius 1 is 1.24 bits per heavy atom. The van der Waals surface area contributed by atoms with Crippen LogP contribution in [0.15, 0.2) is 4.99 Å². The lowest BCUT2D eigenvalue weighted by molar-refractivity contribution is -0.0946. The van der Waals surface area contributed by atoms with Crippen LogP contribution in [-0.4, -0.2) is 63.5 Å². The third-order valence-corrected chi connectivity index (χ3v) is 4.77. The molecule has 1 atom stereocenters. The van der Waals surface area contributed by atoms with E-state index in [0.717, 1.165) is 58.6 Å². The zero-order valence-electron chi connectivity index (χ0n) is 13.2. The summed E-state index contributed by atoms with van der Waals surface area (Å²) < 4.78 is 10.9. The van der Waals surface area contributed by atoms with Crippen LogP contribution in [-0.2, 0) is 9.47 Å². The van der Waals surface area contributed by atoms with Crippen molar-refractivity contribution in [1.29, 1.82) is 0 Å². The minimum atomic E-state index is 0. The summed E-state index contributed by atoms with van der Waals surface area (Å²) in [5.74, 6) is 1.07. The van der Waals surface area contributed by atoms with Gasteiger partial charge in [-0.25, -0.2) is 0 Å². The average Bonchev–Trinajstić information content (AvgIpc) is 3.03. The Balaban J connectivity index is 0.00000161. The van der Waals surface area contributed by atoms with E-state index < -0.39 is 0 Å². The minimum Gasteiger partial charge on any atom is -0.381 e. The fourth-order valence-corrected chi connectivity index (χ4v) is 3.32. The largest absolute Gasteiger partial charge is 0.381 e. The van der Waals surface area contributed by atoms with Crippen molar-refractivity contribution in [2.24, 2.45) is 15.8 Å². The van der Waals surface area contributed by atoms with Crippen molar-refractivity contribution >= 4 is 29.9 Å². The van der Waals surface area contributed by atoms with E-state index >= 15 is 0 Å². The molecule has 5 nitrogen and oxygen atoms in total. The van der Waals surface area contributed by atoms with Crippen LogP contribution in [0.25, 0.3) is 0 Å². The number of hydrogen-bond donors (Lipinski definition) is 1. The van der Waals surface area contributed by atoms with Gasteiger partial charge in [-0.2, -0.15) is 0 Å². The first-order valence-electron chi connectivity index (χ1n) is 7.84. The number of halogens is 1. The fraction of sp³-hybridized carbons (Fsp3) is 0.933. The van der Waals surface area contributed by atoms with E-state index in [4.69, 9.17) is 14.5 Å². The predicted molar refractivity (Wildman–Crippen MR) is 94.4 cm³/mol. The summed E-state index contributed by atoms with van der Waals surface area (Å²) >= 11 is 0. The predicted octanol–water partition coefficient (Wildman–Crippen LogP) is 1.72. The second-order valence-corrected chi connectivity index (χ2v) is 6.95. The van der Waals surface area contributed by atoms with Crippen LogP contribution in [0.2, 0.25) is 0 Å². The van der Waals surface area contributed by atoms with E-state index in [1.807, 2.05) is 0 Å². The number of likely N-dealkylation sites (tertiary alicyclic amines) is 1. The zero-order valence-corrected chi connectivity index (χ0v) is 15.5. The van der Waals surface area contributed by atoms with Gasteiger partial charge >= 0.3 is 0 Å². The molecule has 1 spiro atoms. The number of ether oxygens (including phenoxy) is 2. The molecule has 3 fully saturated rings. The highest BCUT2D eigenvalue weighted by molar-refractivity contribution is 14.0. The van der Waals surface area contributed by atoms with E-state index in [-0.39, 0.29) is 29.4 Å². The summed E-state index contributed by atoms with van der Waals surface area (Å²) in [6, 6.07) is 0. The summed E-state index contributed by atoms with van der Waals surface area (Å²) in [5.41, 5.74) is 0.633. The molecule has 0 aromatic carbocycles. The zero-order chi connectivity index (χ0) is 14.1. The Kier molecular flexibility index (Phi) is 5.76. The molecule has 1 N–H and O–H groups in total. The van der Waals surface area contributed by atoms with Crippen LogP contribution in [0.5, 0.6) is 0 Å². The summed E-state index contributed by atoms with van der Waals surface area (Å²) in [6.07, 6.45) is 2.44. The van der Waals surface area contributed by atoms with Crippen molar-refractivity contribution in [2.75, 3.05) is 52.6 Å². The van der Waals surface area contributed by atoms with E-state index in [1.165, 1.54) is 12.8 Å². The van der Waals surface area contributed by atoms with Crippen LogP contribution in [0, 0.1) is 10.8 Å².